The van der Waals surface area contributed by atoms with Gasteiger partial charge in [-0.05, 0) is 0 Å². The molecule has 0 N–H and O–H groups in total. The van der Waals surface area contributed by atoms with Gasteiger partial charge in [0.1, 0.15) is 19.8 Å². The number of hydrogen-bond donors (Lipinski definition) is 0. The van der Waals surface area contributed by atoms with E-state index in [1.165, 1.54) is 4.58 Å². The van der Waals surface area contributed by atoms with Crippen molar-refractivity contribution in [1.82, 2.24) is 0 Å². The highest BCUT2D eigenvalue weighted by atomic mass is 19.4. The van der Waals surface area contributed by atoms with Crippen molar-refractivity contribution in [2.45, 2.75) is 38.0 Å². The molecule has 16 heavy (non-hydrogen) atoms. The Bertz CT molecular complexity index is 195. The molecule has 0 fully saturated rings. The SMILES string of the molecule is C=[N+](CCCC(F)(F)F)CCCC(F)(F)F. The van der Waals surface area contributed by atoms with Gasteiger partial charge in [0.15, 0.2) is 0 Å². The quantitative estimate of drug-likeness (QED) is 0.386. The lowest BCUT2D eigenvalue weighted by Gasteiger charge is -2.06. The summed E-state index contributed by atoms with van der Waals surface area (Å²) in [6.45, 7) is 3.48. The van der Waals surface area contributed by atoms with Crippen LogP contribution in [0.3, 0.4) is 0 Å². The fourth-order valence-corrected chi connectivity index (χ4v) is 1.12. The van der Waals surface area contributed by atoms with Crippen LogP contribution in [0, 0.1) is 0 Å². The van der Waals surface area contributed by atoms with Gasteiger partial charge in [-0.15, -0.1) is 0 Å². The second-order valence-corrected chi connectivity index (χ2v) is 3.56. The molecule has 7 heteroatoms. The van der Waals surface area contributed by atoms with E-state index in [4.69, 9.17) is 0 Å². The van der Waals surface area contributed by atoms with Gasteiger partial charge >= 0.3 is 12.4 Å². The second-order valence-electron chi connectivity index (χ2n) is 3.56. The van der Waals surface area contributed by atoms with Crippen molar-refractivity contribution in [3.63, 3.8) is 0 Å². The Morgan fingerprint density at radius 1 is 0.750 bits per heavy atom. The van der Waals surface area contributed by atoms with Crippen molar-refractivity contribution in [2.75, 3.05) is 13.1 Å². The molecule has 0 saturated carbocycles. The first-order valence-corrected chi connectivity index (χ1v) is 4.79. The van der Waals surface area contributed by atoms with Crippen LogP contribution >= 0.6 is 0 Å². The number of hydrogen-bond acceptors (Lipinski definition) is 0. The van der Waals surface area contributed by atoms with Crippen molar-refractivity contribution in [3.05, 3.63) is 0 Å². The molecule has 0 radical (unpaired) electrons. The number of alkyl halides is 6. The number of rotatable bonds is 6. The van der Waals surface area contributed by atoms with Gasteiger partial charge in [0.2, 0.25) is 0 Å². The van der Waals surface area contributed by atoms with Gasteiger partial charge in [0.25, 0.3) is 0 Å². The first-order valence-electron chi connectivity index (χ1n) is 4.79. The standard InChI is InChI=1S/C9H14F6N/c1-16(6-2-4-8(10,11)12)7-3-5-9(13,14)15/h1-7H2/q+1. The Morgan fingerprint density at radius 3 is 1.31 bits per heavy atom. The van der Waals surface area contributed by atoms with E-state index in [-0.39, 0.29) is 25.9 Å². The molecule has 0 rings (SSSR count). The minimum absolute atomic E-state index is 0.0529. The third-order valence-electron chi connectivity index (χ3n) is 1.87. The highest BCUT2D eigenvalue weighted by Gasteiger charge is 2.28. The fourth-order valence-electron chi connectivity index (χ4n) is 1.12. The molecule has 0 aliphatic carbocycles. The van der Waals surface area contributed by atoms with Crippen LogP contribution in [0.2, 0.25) is 0 Å². The average Bonchev–Trinajstić information content (AvgIpc) is 1.98. The summed E-state index contributed by atoms with van der Waals surface area (Å²) in [5.41, 5.74) is 0. The van der Waals surface area contributed by atoms with Crippen LogP contribution in [-0.4, -0.2) is 36.7 Å². The number of nitrogens with zero attached hydrogens (tertiary/aromatic N) is 1. The molecule has 0 heterocycles. The molecule has 0 aliphatic heterocycles. The van der Waals surface area contributed by atoms with E-state index in [0.717, 1.165) is 0 Å². The summed E-state index contributed by atoms with van der Waals surface area (Å²) >= 11 is 0. The zero-order valence-corrected chi connectivity index (χ0v) is 8.66. The van der Waals surface area contributed by atoms with Crippen LogP contribution < -0.4 is 0 Å². The molecule has 0 spiro atoms. The lowest BCUT2D eigenvalue weighted by atomic mass is 10.2. The Hall–Kier alpha value is -0.750. The Morgan fingerprint density at radius 2 is 1.06 bits per heavy atom. The van der Waals surface area contributed by atoms with Crippen LogP contribution in [0.25, 0.3) is 0 Å². The highest BCUT2D eigenvalue weighted by Crippen LogP contribution is 2.22. The summed E-state index contributed by atoms with van der Waals surface area (Å²) in [5.74, 6) is 0. The molecular formula is C9H14F6N+. The molecule has 0 bridgehead atoms. The first kappa shape index (κ1) is 15.2. The maximum Gasteiger partial charge on any atom is 0.389 e. The van der Waals surface area contributed by atoms with Crippen molar-refractivity contribution in [3.8, 4) is 0 Å². The molecule has 0 amide bonds. The Kier molecular flexibility index (Phi) is 5.81. The van der Waals surface area contributed by atoms with E-state index in [9.17, 15) is 26.3 Å². The molecular weight excluding hydrogens is 236 g/mol. The van der Waals surface area contributed by atoms with E-state index >= 15 is 0 Å². The van der Waals surface area contributed by atoms with Crippen molar-refractivity contribution in [1.29, 1.82) is 0 Å². The average molecular weight is 250 g/mol. The molecule has 0 unspecified atom stereocenters. The van der Waals surface area contributed by atoms with E-state index in [1.54, 1.807) is 0 Å². The smallest absolute Gasteiger partial charge is 0.242 e. The molecule has 96 valence electrons. The summed E-state index contributed by atoms with van der Waals surface area (Å²) in [4.78, 5) is 0. The van der Waals surface area contributed by atoms with Crippen molar-refractivity contribution < 1.29 is 30.9 Å². The molecule has 0 aromatic heterocycles. The van der Waals surface area contributed by atoms with E-state index in [1.807, 2.05) is 0 Å². The maximum atomic E-state index is 11.7. The van der Waals surface area contributed by atoms with Crippen LogP contribution in [0.4, 0.5) is 26.3 Å². The van der Waals surface area contributed by atoms with Crippen molar-refractivity contribution in [2.24, 2.45) is 0 Å². The summed E-state index contributed by atoms with van der Waals surface area (Å²) in [7, 11) is 0. The lowest BCUT2D eigenvalue weighted by Crippen LogP contribution is -2.18. The molecule has 0 saturated heterocycles. The Labute approximate surface area is 89.8 Å². The van der Waals surface area contributed by atoms with E-state index in [0.29, 0.717) is 0 Å². The van der Waals surface area contributed by atoms with Crippen LogP contribution in [0.1, 0.15) is 25.7 Å². The van der Waals surface area contributed by atoms with E-state index < -0.39 is 25.2 Å². The third-order valence-corrected chi connectivity index (χ3v) is 1.87. The Balaban J connectivity index is 3.53. The van der Waals surface area contributed by atoms with Gasteiger partial charge in [0.05, 0.1) is 0 Å². The van der Waals surface area contributed by atoms with Gasteiger partial charge in [-0.2, -0.15) is 26.3 Å². The topological polar surface area (TPSA) is 3.01 Å². The zero-order valence-electron chi connectivity index (χ0n) is 8.66. The van der Waals surface area contributed by atoms with Gasteiger partial charge in [-0.25, -0.2) is 4.58 Å². The third kappa shape index (κ3) is 11.3. The van der Waals surface area contributed by atoms with Crippen LogP contribution in [0.15, 0.2) is 0 Å². The molecule has 0 atom stereocenters. The molecule has 0 aromatic rings. The molecule has 1 nitrogen and oxygen atoms in total. The molecule has 0 aromatic carbocycles. The zero-order chi connectivity index (χ0) is 12.8. The highest BCUT2D eigenvalue weighted by molar-refractivity contribution is 5.14. The minimum Gasteiger partial charge on any atom is -0.242 e. The first-order chi connectivity index (χ1) is 7.10. The van der Waals surface area contributed by atoms with Gasteiger partial charge in [-0.1, -0.05) is 0 Å². The fraction of sp³-hybridized carbons (Fsp3) is 0.889. The minimum atomic E-state index is -4.22. The predicted molar refractivity (Wildman–Crippen MR) is 47.7 cm³/mol. The lowest BCUT2D eigenvalue weighted by molar-refractivity contribution is -0.522. The maximum absolute atomic E-state index is 11.7. The summed E-state index contributed by atoms with van der Waals surface area (Å²) in [6.07, 6.45) is -10.6. The summed E-state index contributed by atoms with van der Waals surface area (Å²) in [6, 6.07) is 0. The van der Waals surface area contributed by atoms with Gasteiger partial charge in [-0.3, -0.25) is 0 Å². The summed E-state index contributed by atoms with van der Waals surface area (Å²) in [5, 5.41) is 0. The molecule has 0 aliphatic rings. The van der Waals surface area contributed by atoms with Gasteiger partial charge in [0, 0.05) is 25.7 Å². The van der Waals surface area contributed by atoms with Gasteiger partial charge < -0.3 is 0 Å². The normalized spacial score (nSPS) is 12.9. The van der Waals surface area contributed by atoms with Crippen LogP contribution in [-0.2, 0) is 0 Å². The van der Waals surface area contributed by atoms with Crippen molar-refractivity contribution >= 4 is 6.72 Å². The number of halogens is 6. The van der Waals surface area contributed by atoms with E-state index in [2.05, 4.69) is 6.72 Å². The van der Waals surface area contributed by atoms with Crippen LogP contribution in [0.5, 0.6) is 0 Å². The monoisotopic (exact) mass is 250 g/mol. The summed E-state index contributed by atoms with van der Waals surface area (Å²) < 4.78 is 71.6. The predicted octanol–water partition coefficient (Wildman–Crippen LogP) is 3.38. The second kappa shape index (κ2) is 6.10. The largest absolute Gasteiger partial charge is 0.389 e.